The lowest BCUT2D eigenvalue weighted by Crippen LogP contribution is -2.32. The van der Waals surface area contributed by atoms with Crippen LogP contribution in [0, 0.1) is 11.6 Å². The maximum Gasteiger partial charge on any atom is 0.339 e. The van der Waals surface area contributed by atoms with E-state index in [4.69, 9.17) is 24.7 Å². The molecule has 0 unspecified atom stereocenters. The number of rotatable bonds is 13. The minimum atomic E-state index is -1.02. The highest BCUT2D eigenvalue weighted by Crippen LogP contribution is 2.37. The number of nitrogens with one attached hydrogen (secondary N) is 1. The smallest absolute Gasteiger partial charge is 0.339 e. The van der Waals surface area contributed by atoms with Crippen LogP contribution in [0.4, 0.5) is 20.2 Å². The van der Waals surface area contributed by atoms with E-state index < -0.39 is 40.7 Å². The Kier molecular flexibility index (Phi) is 19.9. The first-order valence-corrected chi connectivity index (χ1v) is 28.2. The number of carbonyl (C=O) groups excluding carboxylic acids is 3. The van der Waals surface area contributed by atoms with Crippen molar-refractivity contribution in [3.63, 3.8) is 0 Å². The number of anilines is 2. The van der Waals surface area contributed by atoms with E-state index in [0.29, 0.717) is 89.8 Å². The fraction of sp³-hybridized carbons (Fsp3) is 0.257. The number of ether oxygens (including phenoxy) is 4. The fourth-order valence-corrected chi connectivity index (χ4v) is 9.67. The first-order chi connectivity index (χ1) is 40.5. The minimum Gasteiger partial charge on any atom is -0.490 e. The van der Waals surface area contributed by atoms with Gasteiger partial charge >= 0.3 is 17.9 Å². The summed E-state index contributed by atoms with van der Waals surface area (Å²) in [5.74, 6) is -1.95. The van der Waals surface area contributed by atoms with Gasteiger partial charge in [-0.3, -0.25) is 4.79 Å². The standard InChI is InChI=1S/C35H35FN2O4.C27H26FNO5.C8H11N/c1-23(25-10-6-5-7-11-25)37-33(39)26-15-17-31-32(21-26)41-19-18-38(31)22-24-14-16-28(30(36)20-24)27-12-8-9-13-29(27)34(40)42-35(2,3)4;1-27(2,3)34-26(32)21-7-5-4-6-19(21)20-10-8-17(14-22(20)28)16-29-12-13-33-24-15-18(25(30)31)9-11-23(24)29;1-7(9)8-5-3-2-4-6-8/h5-17,20-21,23H,18-19,22H2,1-4H3,(H,37,39);4-11,14-15H,12-13,16H2,1-3H3,(H,30,31);2-7H,9H2,1H3/t23-;;7-/m0.0/s1. The lowest BCUT2D eigenvalue weighted by molar-refractivity contribution is 0.00578. The van der Waals surface area contributed by atoms with Gasteiger partial charge in [0.25, 0.3) is 5.91 Å². The molecule has 0 spiro atoms. The van der Waals surface area contributed by atoms with Gasteiger partial charge < -0.3 is 44.9 Å². The number of carbonyl (C=O) groups is 4. The third-order valence-electron chi connectivity index (χ3n) is 13.8. The highest BCUT2D eigenvalue weighted by molar-refractivity contribution is 5.99. The normalized spacial score (nSPS) is 13.3. The Balaban J connectivity index is 0.000000196. The quantitative estimate of drug-likeness (QED) is 0.0935. The summed E-state index contributed by atoms with van der Waals surface area (Å²) in [6, 6.07) is 53.8. The molecule has 2 heterocycles. The minimum absolute atomic E-state index is 0.138. The molecular weight excluding hydrogens is 1080 g/mol. The zero-order chi connectivity index (χ0) is 61.0. The first kappa shape index (κ1) is 61.7. The molecule has 440 valence electrons. The zero-order valence-electron chi connectivity index (χ0n) is 49.2. The Morgan fingerprint density at radius 2 is 0.953 bits per heavy atom. The molecule has 8 aromatic rings. The van der Waals surface area contributed by atoms with Crippen molar-refractivity contribution in [2.75, 3.05) is 36.1 Å². The maximum absolute atomic E-state index is 15.5. The molecule has 0 saturated heterocycles. The van der Waals surface area contributed by atoms with Gasteiger partial charge in [-0.25, -0.2) is 23.2 Å². The van der Waals surface area contributed by atoms with Gasteiger partial charge in [0.1, 0.15) is 47.5 Å². The van der Waals surface area contributed by atoms with Crippen molar-refractivity contribution in [3.05, 3.63) is 238 Å². The Labute approximate surface area is 495 Å². The van der Waals surface area contributed by atoms with Gasteiger partial charge in [-0.2, -0.15) is 0 Å². The van der Waals surface area contributed by atoms with E-state index in [-0.39, 0.29) is 23.6 Å². The molecule has 85 heavy (non-hydrogen) atoms. The molecule has 1 amide bonds. The third-order valence-corrected chi connectivity index (χ3v) is 13.8. The average molecular weight is 1150 g/mol. The van der Waals surface area contributed by atoms with Gasteiger partial charge in [-0.05, 0) is 149 Å². The van der Waals surface area contributed by atoms with E-state index in [0.717, 1.165) is 28.1 Å². The van der Waals surface area contributed by atoms with Crippen LogP contribution in [0.25, 0.3) is 22.3 Å². The first-order valence-electron chi connectivity index (χ1n) is 28.2. The van der Waals surface area contributed by atoms with Gasteiger partial charge in [0, 0.05) is 35.8 Å². The molecule has 4 N–H and O–H groups in total. The summed E-state index contributed by atoms with van der Waals surface area (Å²) in [6.45, 7) is 17.6. The third kappa shape index (κ3) is 16.5. The number of hydrogen-bond donors (Lipinski definition) is 3. The number of carboxylic acids is 1. The summed E-state index contributed by atoms with van der Waals surface area (Å²) in [7, 11) is 0. The summed E-state index contributed by atoms with van der Waals surface area (Å²) >= 11 is 0. The van der Waals surface area contributed by atoms with Gasteiger partial charge in [0.05, 0.1) is 47.2 Å². The Hall–Kier alpha value is -9.34. The Bertz CT molecular complexity index is 3660. The summed E-state index contributed by atoms with van der Waals surface area (Å²) < 4.78 is 53.3. The number of fused-ring (bicyclic) bond motifs is 2. The summed E-state index contributed by atoms with van der Waals surface area (Å²) in [6.07, 6.45) is 0. The topological polar surface area (TPSA) is 170 Å². The number of benzene rings is 8. The molecule has 0 bridgehead atoms. The van der Waals surface area contributed by atoms with Crippen molar-refractivity contribution in [2.24, 2.45) is 5.73 Å². The molecule has 2 aliphatic rings. The van der Waals surface area contributed by atoms with Gasteiger partial charge in [0.15, 0.2) is 0 Å². The van der Waals surface area contributed by atoms with Crippen LogP contribution >= 0.6 is 0 Å². The molecule has 10 rings (SSSR count). The van der Waals surface area contributed by atoms with Gasteiger partial charge in [-0.1, -0.05) is 121 Å². The van der Waals surface area contributed by atoms with E-state index in [1.54, 1.807) is 120 Å². The molecule has 0 saturated carbocycles. The Morgan fingerprint density at radius 3 is 1.36 bits per heavy atom. The largest absolute Gasteiger partial charge is 0.490 e. The lowest BCUT2D eigenvalue weighted by atomic mass is 9.97. The van der Waals surface area contributed by atoms with E-state index in [2.05, 4.69) is 10.2 Å². The van der Waals surface area contributed by atoms with Crippen molar-refractivity contribution in [1.82, 2.24) is 5.32 Å². The fourth-order valence-electron chi connectivity index (χ4n) is 9.67. The predicted molar refractivity (Wildman–Crippen MR) is 328 cm³/mol. The molecule has 0 aliphatic carbocycles. The molecule has 0 aromatic heterocycles. The molecular formula is C70H72F2N4O9. The molecule has 2 atom stereocenters. The molecule has 0 fully saturated rings. The number of amides is 1. The van der Waals surface area contributed by atoms with Crippen LogP contribution in [0.5, 0.6) is 11.5 Å². The van der Waals surface area contributed by atoms with E-state index in [9.17, 15) is 24.3 Å². The zero-order valence-corrected chi connectivity index (χ0v) is 49.2. The summed E-state index contributed by atoms with van der Waals surface area (Å²) in [4.78, 5) is 53.8. The number of aromatic carboxylic acids is 1. The SMILES string of the molecule is CC(C)(C)OC(=O)c1ccccc1-c1ccc(CN2CCOc3cc(C(=O)O)ccc32)cc1F.C[C@H](N)c1ccccc1.C[C@H](NC(=O)c1ccc2c(c1)OCCN2Cc1ccc(-c2ccccc2C(=O)OC(C)(C)C)c(F)c1)c1ccccc1. The van der Waals surface area contributed by atoms with E-state index in [1.165, 1.54) is 29.8 Å². The molecule has 15 heteroatoms. The van der Waals surface area contributed by atoms with Crippen molar-refractivity contribution >= 4 is 35.2 Å². The summed E-state index contributed by atoms with van der Waals surface area (Å²) in [5.41, 5.74) is 12.5. The molecule has 8 aromatic carbocycles. The van der Waals surface area contributed by atoms with Crippen LogP contribution in [0.2, 0.25) is 0 Å². The molecule has 2 aliphatic heterocycles. The molecule has 13 nitrogen and oxygen atoms in total. The van der Waals surface area contributed by atoms with Crippen molar-refractivity contribution in [3.8, 4) is 33.8 Å². The van der Waals surface area contributed by atoms with E-state index >= 15 is 8.78 Å². The predicted octanol–water partition coefficient (Wildman–Crippen LogP) is 14.6. The van der Waals surface area contributed by atoms with Crippen LogP contribution in [-0.2, 0) is 22.6 Å². The number of carboxylic acid groups (broad SMARTS) is 1. The van der Waals surface area contributed by atoms with Crippen LogP contribution < -0.4 is 30.3 Å². The van der Waals surface area contributed by atoms with Gasteiger partial charge in [0.2, 0.25) is 0 Å². The van der Waals surface area contributed by atoms with Crippen molar-refractivity contribution in [1.29, 1.82) is 0 Å². The number of nitrogens with zero attached hydrogens (tertiary/aromatic N) is 2. The Morgan fingerprint density at radius 1 is 0.541 bits per heavy atom. The highest BCUT2D eigenvalue weighted by Gasteiger charge is 2.27. The van der Waals surface area contributed by atoms with E-state index in [1.807, 2.05) is 97.6 Å². The second-order valence-corrected chi connectivity index (χ2v) is 22.7. The van der Waals surface area contributed by atoms with Crippen molar-refractivity contribution < 1.29 is 52.0 Å². The highest BCUT2D eigenvalue weighted by atomic mass is 19.1. The van der Waals surface area contributed by atoms with Gasteiger partial charge in [-0.15, -0.1) is 0 Å². The number of nitrogens with two attached hydrogens (primary N) is 1. The molecule has 0 radical (unpaired) electrons. The van der Waals surface area contributed by atoms with Crippen LogP contribution in [0.1, 0.15) is 131 Å². The second-order valence-electron chi connectivity index (χ2n) is 22.7. The van der Waals surface area contributed by atoms with Crippen LogP contribution in [-0.4, -0.2) is 66.4 Å². The van der Waals surface area contributed by atoms with Crippen LogP contribution in [0.15, 0.2) is 182 Å². The number of hydrogen-bond acceptors (Lipinski definition) is 11. The second kappa shape index (κ2) is 27.4. The monoisotopic (exact) mass is 1150 g/mol. The number of esters is 2. The van der Waals surface area contributed by atoms with Crippen molar-refractivity contribution in [2.45, 2.75) is 91.8 Å². The lowest BCUT2D eigenvalue weighted by Gasteiger charge is -2.31. The van der Waals surface area contributed by atoms with Crippen LogP contribution in [0.3, 0.4) is 0 Å². The average Bonchev–Trinajstić information content (AvgIpc) is 2.62. The number of halogens is 2. The maximum atomic E-state index is 15.5. The summed E-state index contributed by atoms with van der Waals surface area (Å²) in [5, 5.41) is 12.2.